The number of aromatic nitrogens is 1. The molecule has 1 aliphatic heterocycles. The molecule has 5 nitrogen and oxygen atoms in total. The summed E-state index contributed by atoms with van der Waals surface area (Å²) in [4.78, 5) is 32.3. The van der Waals surface area contributed by atoms with Crippen LogP contribution >= 0.6 is 11.6 Å². The third kappa shape index (κ3) is 3.63. The van der Waals surface area contributed by atoms with Gasteiger partial charge >= 0.3 is 0 Å². The summed E-state index contributed by atoms with van der Waals surface area (Å²) in [5.74, 6) is -0.760. The van der Waals surface area contributed by atoms with E-state index in [1.807, 2.05) is 48.5 Å². The normalized spacial score (nSPS) is 13.8. The number of halogens is 1. The van der Waals surface area contributed by atoms with Gasteiger partial charge in [0.15, 0.2) is 0 Å². The van der Waals surface area contributed by atoms with Crippen LogP contribution in [0.1, 0.15) is 11.3 Å². The third-order valence-electron chi connectivity index (χ3n) is 5.40. The molecule has 0 saturated heterocycles. The fraction of sp³-hybridized carbons (Fsp3) is 0.0385. The number of hydrogen-bond donors (Lipinski definition) is 1. The zero-order chi connectivity index (χ0) is 22.1. The van der Waals surface area contributed by atoms with E-state index in [1.54, 1.807) is 42.6 Å². The standard InChI is InChI=1S/C26H18ClN3O2/c27-19-13-11-18(12-14-19)23-24(29-22-10-5-7-17-6-1-2-9-21(17)22)26(32)30(25(23)31)16-20-8-3-4-15-28-20/h1-15,29H,16H2. The van der Waals surface area contributed by atoms with Crippen molar-refractivity contribution in [1.29, 1.82) is 0 Å². The molecule has 2 amide bonds. The lowest BCUT2D eigenvalue weighted by atomic mass is 10.0. The van der Waals surface area contributed by atoms with E-state index in [0.717, 1.165) is 16.5 Å². The van der Waals surface area contributed by atoms with Crippen molar-refractivity contribution < 1.29 is 9.59 Å². The lowest BCUT2D eigenvalue weighted by molar-refractivity contribution is -0.137. The molecule has 1 aliphatic rings. The first-order valence-corrected chi connectivity index (χ1v) is 10.5. The second kappa shape index (κ2) is 8.29. The molecule has 0 radical (unpaired) electrons. The Kier molecular flexibility index (Phi) is 5.17. The molecule has 6 heteroatoms. The van der Waals surface area contributed by atoms with Crippen LogP contribution in [-0.2, 0) is 16.1 Å². The van der Waals surface area contributed by atoms with Crippen molar-refractivity contribution >= 4 is 45.4 Å². The van der Waals surface area contributed by atoms with Gasteiger partial charge in [-0.05, 0) is 41.3 Å². The number of benzene rings is 3. The van der Waals surface area contributed by atoms with E-state index in [-0.39, 0.29) is 18.1 Å². The Bertz CT molecular complexity index is 1360. The second-order valence-corrected chi connectivity index (χ2v) is 7.86. The molecule has 1 aromatic heterocycles. The highest BCUT2D eigenvalue weighted by Gasteiger charge is 2.39. The van der Waals surface area contributed by atoms with Crippen LogP contribution in [0.25, 0.3) is 16.3 Å². The minimum absolute atomic E-state index is 0.0936. The van der Waals surface area contributed by atoms with Gasteiger partial charge in [-0.3, -0.25) is 19.5 Å². The van der Waals surface area contributed by atoms with Crippen LogP contribution < -0.4 is 5.32 Å². The van der Waals surface area contributed by atoms with Crippen LogP contribution in [0.4, 0.5) is 5.69 Å². The molecule has 0 saturated carbocycles. The van der Waals surface area contributed by atoms with Crippen LogP contribution in [-0.4, -0.2) is 21.7 Å². The number of amides is 2. The van der Waals surface area contributed by atoms with Gasteiger partial charge in [0.05, 0.1) is 17.8 Å². The molecule has 5 rings (SSSR count). The molecular weight excluding hydrogens is 422 g/mol. The van der Waals surface area contributed by atoms with Crippen LogP contribution in [0.2, 0.25) is 5.02 Å². The van der Waals surface area contributed by atoms with Crippen LogP contribution in [0.5, 0.6) is 0 Å². The maximum absolute atomic E-state index is 13.4. The summed E-state index contributed by atoms with van der Waals surface area (Å²) in [5.41, 5.74) is 2.57. The predicted molar refractivity (Wildman–Crippen MR) is 126 cm³/mol. The van der Waals surface area contributed by atoms with E-state index in [0.29, 0.717) is 21.9 Å². The van der Waals surface area contributed by atoms with Gasteiger partial charge in [0.1, 0.15) is 5.70 Å². The largest absolute Gasteiger partial charge is 0.350 e. The van der Waals surface area contributed by atoms with Crippen molar-refractivity contribution in [3.8, 4) is 0 Å². The molecule has 0 spiro atoms. The minimum atomic E-state index is -0.390. The SMILES string of the molecule is O=C1C(Nc2cccc3ccccc23)=C(c2ccc(Cl)cc2)C(=O)N1Cc1ccccn1. The molecule has 0 fully saturated rings. The number of hydrogen-bond acceptors (Lipinski definition) is 4. The maximum atomic E-state index is 13.4. The van der Waals surface area contributed by atoms with E-state index >= 15 is 0 Å². The summed E-state index contributed by atoms with van der Waals surface area (Å²) in [5, 5.41) is 5.81. The zero-order valence-electron chi connectivity index (χ0n) is 17.0. The van der Waals surface area contributed by atoms with Gasteiger partial charge in [-0.25, -0.2) is 0 Å². The number of nitrogens with one attached hydrogen (secondary N) is 1. The Hall–Kier alpha value is -3.96. The van der Waals surface area contributed by atoms with E-state index in [1.165, 1.54) is 4.90 Å². The molecular formula is C26H18ClN3O2. The Morgan fingerprint density at radius 3 is 2.34 bits per heavy atom. The summed E-state index contributed by atoms with van der Waals surface area (Å²) in [6, 6.07) is 26.0. The van der Waals surface area contributed by atoms with Gasteiger partial charge < -0.3 is 5.32 Å². The Morgan fingerprint density at radius 2 is 1.56 bits per heavy atom. The fourth-order valence-corrected chi connectivity index (χ4v) is 3.97. The van der Waals surface area contributed by atoms with Gasteiger partial charge in [0, 0.05) is 22.3 Å². The van der Waals surface area contributed by atoms with Gasteiger partial charge in [0.25, 0.3) is 11.8 Å². The minimum Gasteiger partial charge on any atom is -0.350 e. The summed E-state index contributed by atoms with van der Waals surface area (Å²) in [6.45, 7) is 0.0936. The number of pyridine rings is 1. The molecule has 0 bridgehead atoms. The van der Waals surface area contributed by atoms with Crippen molar-refractivity contribution in [2.24, 2.45) is 0 Å². The molecule has 156 valence electrons. The number of carbonyl (C=O) groups is 2. The highest BCUT2D eigenvalue weighted by molar-refractivity contribution is 6.37. The molecule has 0 aliphatic carbocycles. The fourth-order valence-electron chi connectivity index (χ4n) is 3.84. The van der Waals surface area contributed by atoms with Gasteiger partial charge in [-0.15, -0.1) is 0 Å². The van der Waals surface area contributed by atoms with Crippen molar-refractivity contribution in [1.82, 2.24) is 9.88 Å². The number of imide groups is 1. The van der Waals surface area contributed by atoms with Crippen LogP contribution in [0.15, 0.2) is 96.8 Å². The number of nitrogens with zero attached hydrogens (tertiary/aromatic N) is 2. The van der Waals surface area contributed by atoms with Crippen molar-refractivity contribution in [2.75, 3.05) is 5.32 Å². The topological polar surface area (TPSA) is 62.3 Å². The number of anilines is 1. The first-order chi connectivity index (χ1) is 15.6. The van der Waals surface area contributed by atoms with E-state index in [2.05, 4.69) is 10.3 Å². The van der Waals surface area contributed by atoms with Gasteiger partial charge in [0.2, 0.25) is 0 Å². The number of carbonyl (C=O) groups excluding carboxylic acids is 2. The summed E-state index contributed by atoms with van der Waals surface area (Å²) in [6.07, 6.45) is 1.64. The Balaban J connectivity index is 1.60. The number of rotatable bonds is 5. The first kappa shape index (κ1) is 20.0. The quantitative estimate of drug-likeness (QED) is 0.430. The lowest BCUT2D eigenvalue weighted by Gasteiger charge is -2.15. The first-order valence-electron chi connectivity index (χ1n) is 10.1. The Labute approximate surface area is 190 Å². The Morgan fingerprint density at radius 1 is 0.812 bits per heavy atom. The smallest absolute Gasteiger partial charge is 0.278 e. The molecule has 2 heterocycles. The van der Waals surface area contributed by atoms with Crippen LogP contribution in [0, 0.1) is 0 Å². The summed E-state index contributed by atoms with van der Waals surface area (Å²) < 4.78 is 0. The maximum Gasteiger partial charge on any atom is 0.278 e. The van der Waals surface area contributed by atoms with E-state index < -0.39 is 5.91 Å². The molecule has 0 unspecified atom stereocenters. The third-order valence-corrected chi connectivity index (χ3v) is 5.65. The van der Waals surface area contributed by atoms with Crippen molar-refractivity contribution in [3.05, 3.63) is 113 Å². The van der Waals surface area contributed by atoms with Crippen molar-refractivity contribution in [2.45, 2.75) is 6.54 Å². The zero-order valence-corrected chi connectivity index (χ0v) is 17.7. The monoisotopic (exact) mass is 439 g/mol. The molecule has 3 aromatic carbocycles. The highest BCUT2D eigenvalue weighted by atomic mass is 35.5. The van der Waals surface area contributed by atoms with Gasteiger partial charge in [-0.1, -0.05) is 66.2 Å². The second-order valence-electron chi connectivity index (χ2n) is 7.43. The van der Waals surface area contributed by atoms with Gasteiger partial charge in [-0.2, -0.15) is 0 Å². The highest BCUT2D eigenvalue weighted by Crippen LogP contribution is 2.33. The predicted octanol–water partition coefficient (Wildman–Crippen LogP) is 5.28. The average molecular weight is 440 g/mol. The summed E-state index contributed by atoms with van der Waals surface area (Å²) in [7, 11) is 0. The molecule has 4 aromatic rings. The molecule has 32 heavy (non-hydrogen) atoms. The molecule has 1 N–H and O–H groups in total. The number of fused-ring (bicyclic) bond motifs is 1. The van der Waals surface area contributed by atoms with Crippen molar-refractivity contribution in [3.63, 3.8) is 0 Å². The van der Waals surface area contributed by atoms with E-state index in [9.17, 15) is 9.59 Å². The van der Waals surface area contributed by atoms with E-state index in [4.69, 9.17) is 11.6 Å². The molecule has 0 atom stereocenters. The lowest BCUT2D eigenvalue weighted by Crippen LogP contribution is -2.32. The summed E-state index contributed by atoms with van der Waals surface area (Å²) >= 11 is 6.05. The average Bonchev–Trinajstić information content (AvgIpc) is 3.05. The van der Waals surface area contributed by atoms with Crippen LogP contribution in [0.3, 0.4) is 0 Å².